The van der Waals surface area contributed by atoms with Crippen LogP contribution in [-0.2, 0) is 4.74 Å². The molecule has 0 amide bonds. The Kier molecular flexibility index (Phi) is 3.69. The van der Waals surface area contributed by atoms with Gasteiger partial charge in [0.25, 0.3) is 0 Å². The largest absolute Gasteiger partial charge is 0.490 e. The lowest BCUT2D eigenvalue weighted by atomic mass is 10.1. The average Bonchev–Trinajstić information content (AvgIpc) is 3.12. The molecule has 4 nitrogen and oxygen atoms in total. The number of hydrogen-bond acceptors (Lipinski definition) is 4. The topological polar surface area (TPSA) is 61.5 Å². The second kappa shape index (κ2) is 5.25. The van der Waals surface area contributed by atoms with Crippen molar-refractivity contribution < 1.29 is 18.7 Å². The fraction of sp³-hybridized carbons (Fsp3) is 0.462. The number of carbonyl (C=O) groups is 1. The first-order chi connectivity index (χ1) is 8.61. The van der Waals surface area contributed by atoms with E-state index in [0.29, 0.717) is 12.5 Å². The fourth-order valence-corrected chi connectivity index (χ4v) is 1.56. The molecule has 0 saturated heterocycles. The number of hydrogen-bond donors (Lipinski definition) is 1. The first-order valence-electron chi connectivity index (χ1n) is 6.00. The van der Waals surface area contributed by atoms with E-state index in [1.165, 1.54) is 6.07 Å². The quantitative estimate of drug-likeness (QED) is 0.646. The maximum absolute atomic E-state index is 13.6. The first kappa shape index (κ1) is 12.7. The SMILES string of the molecule is CCOC(=O)c1cc(OCC2CC2)c(F)cc1N. The van der Waals surface area contributed by atoms with E-state index in [4.69, 9.17) is 15.2 Å². The molecule has 2 rings (SSSR count). The molecule has 1 aliphatic carbocycles. The van der Waals surface area contributed by atoms with Gasteiger partial charge < -0.3 is 15.2 Å². The number of benzene rings is 1. The van der Waals surface area contributed by atoms with Crippen molar-refractivity contribution in [2.45, 2.75) is 19.8 Å². The lowest BCUT2D eigenvalue weighted by Crippen LogP contribution is -2.10. The van der Waals surface area contributed by atoms with Crippen molar-refractivity contribution in [3.05, 3.63) is 23.5 Å². The molecule has 0 heterocycles. The van der Waals surface area contributed by atoms with Crippen molar-refractivity contribution in [1.82, 2.24) is 0 Å². The zero-order valence-electron chi connectivity index (χ0n) is 10.2. The summed E-state index contributed by atoms with van der Waals surface area (Å²) >= 11 is 0. The molecular weight excluding hydrogens is 237 g/mol. The van der Waals surface area contributed by atoms with Gasteiger partial charge in [0.1, 0.15) is 0 Å². The molecule has 1 saturated carbocycles. The third kappa shape index (κ3) is 2.91. The van der Waals surface area contributed by atoms with Gasteiger partial charge in [0, 0.05) is 11.8 Å². The van der Waals surface area contributed by atoms with E-state index < -0.39 is 11.8 Å². The first-order valence-corrected chi connectivity index (χ1v) is 6.00. The predicted molar refractivity (Wildman–Crippen MR) is 65.0 cm³/mol. The summed E-state index contributed by atoms with van der Waals surface area (Å²) in [5.74, 6) is -0.556. The van der Waals surface area contributed by atoms with Crippen LogP contribution < -0.4 is 10.5 Å². The van der Waals surface area contributed by atoms with E-state index in [1.807, 2.05) is 0 Å². The zero-order chi connectivity index (χ0) is 13.1. The highest BCUT2D eigenvalue weighted by molar-refractivity contribution is 5.95. The number of esters is 1. The zero-order valence-corrected chi connectivity index (χ0v) is 10.2. The van der Waals surface area contributed by atoms with Crippen molar-refractivity contribution in [2.75, 3.05) is 18.9 Å². The fourth-order valence-electron chi connectivity index (χ4n) is 1.56. The van der Waals surface area contributed by atoms with Crippen LogP contribution in [0.3, 0.4) is 0 Å². The van der Waals surface area contributed by atoms with Gasteiger partial charge in [-0.1, -0.05) is 0 Å². The van der Waals surface area contributed by atoms with Crippen LogP contribution in [-0.4, -0.2) is 19.2 Å². The third-order valence-electron chi connectivity index (χ3n) is 2.77. The number of nitrogen functional groups attached to an aromatic ring is 1. The molecule has 98 valence electrons. The standard InChI is InChI=1S/C13H16FNO3/c1-2-17-13(16)9-5-12(10(14)6-11(9)15)18-7-8-3-4-8/h5-6,8H,2-4,7,15H2,1H3. The average molecular weight is 253 g/mol. The van der Waals surface area contributed by atoms with Gasteiger partial charge in [-0.25, -0.2) is 9.18 Å². The normalized spacial score (nSPS) is 14.3. The van der Waals surface area contributed by atoms with E-state index in [2.05, 4.69) is 0 Å². The van der Waals surface area contributed by atoms with Crippen LogP contribution in [0, 0.1) is 11.7 Å². The number of carbonyl (C=O) groups excluding carboxylic acids is 1. The van der Waals surface area contributed by atoms with E-state index in [9.17, 15) is 9.18 Å². The van der Waals surface area contributed by atoms with Crippen molar-refractivity contribution in [2.24, 2.45) is 5.92 Å². The Hall–Kier alpha value is -1.78. The van der Waals surface area contributed by atoms with Gasteiger partial charge in [0.15, 0.2) is 11.6 Å². The van der Waals surface area contributed by atoms with E-state index >= 15 is 0 Å². The Morgan fingerprint density at radius 3 is 2.83 bits per heavy atom. The van der Waals surface area contributed by atoms with Crippen LogP contribution in [0.15, 0.2) is 12.1 Å². The number of rotatable bonds is 5. The minimum absolute atomic E-state index is 0.0548. The Labute approximate surface area is 105 Å². The summed E-state index contributed by atoms with van der Waals surface area (Å²) in [4.78, 5) is 11.6. The van der Waals surface area contributed by atoms with Gasteiger partial charge in [-0.05, 0) is 31.7 Å². The Morgan fingerprint density at radius 1 is 1.50 bits per heavy atom. The van der Waals surface area contributed by atoms with Crippen LogP contribution in [0.25, 0.3) is 0 Å². The Bertz CT molecular complexity index is 458. The van der Waals surface area contributed by atoms with Crippen molar-refractivity contribution in [3.63, 3.8) is 0 Å². The second-order valence-corrected chi connectivity index (χ2v) is 4.34. The van der Waals surface area contributed by atoms with Gasteiger partial charge in [0.05, 0.1) is 18.8 Å². The third-order valence-corrected chi connectivity index (χ3v) is 2.77. The molecule has 0 radical (unpaired) electrons. The van der Waals surface area contributed by atoms with Crippen molar-refractivity contribution in [3.8, 4) is 5.75 Å². The summed E-state index contributed by atoms with van der Waals surface area (Å²) in [5, 5.41) is 0. The second-order valence-electron chi connectivity index (χ2n) is 4.34. The van der Waals surface area contributed by atoms with Gasteiger partial charge in [0.2, 0.25) is 0 Å². The summed E-state index contributed by atoms with van der Waals surface area (Å²) in [7, 11) is 0. The minimum Gasteiger partial charge on any atom is -0.490 e. The number of ether oxygens (including phenoxy) is 2. The summed E-state index contributed by atoms with van der Waals surface area (Å²) in [5.41, 5.74) is 5.80. The molecule has 0 bridgehead atoms. The molecule has 0 spiro atoms. The van der Waals surface area contributed by atoms with E-state index in [-0.39, 0.29) is 23.6 Å². The molecule has 1 aromatic carbocycles. The number of nitrogens with two attached hydrogens (primary N) is 1. The molecule has 1 aromatic rings. The van der Waals surface area contributed by atoms with E-state index in [1.54, 1.807) is 6.92 Å². The molecule has 2 N–H and O–H groups in total. The van der Waals surface area contributed by atoms with Gasteiger partial charge in [-0.2, -0.15) is 0 Å². The van der Waals surface area contributed by atoms with Crippen LogP contribution >= 0.6 is 0 Å². The van der Waals surface area contributed by atoms with Gasteiger partial charge >= 0.3 is 5.97 Å². The van der Waals surface area contributed by atoms with Crippen LogP contribution in [0.5, 0.6) is 5.75 Å². The number of halogens is 1. The molecule has 1 fully saturated rings. The van der Waals surface area contributed by atoms with Crippen LogP contribution in [0.2, 0.25) is 0 Å². The highest BCUT2D eigenvalue weighted by Gasteiger charge is 2.23. The summed E-state index contributed by atoms with van der Waals surface area (Å²) in [6.45, 7) is 2.42. The molecule has 1 aliphatic rings. The number of anilines is 1. The maximum atomic E-state index is 13.6. The highest BCUT2D eigenvalue weighted by atomic mass is 19.1. The van der Waals surface area contributed by atoms with Gasteiger partial charge in [-0.15, -0.1) is 0 Å². The molecule has 0 aromatic heterocycles. The molecule has 0 aliphatic heterocycles. The molecule has 0 unspecified atom stereocenters. The maximum Gasteiger partial charge on any atom is 0.340 e. The highest BCUT2D eigenvalue weighted by Crippen LogP contribution is 2.31. The molecule has 0 atom stereocenters. The lowest BCUT2D eigenvalue weighted by molar-refractivity contribution is 0.0527. The monoisotopic (exact) mass is 253 g/mol. The van der Waals surface area contributed by atoms with Crippen LogP contribution in [0.4, 0.5) is 10.1 Å². The van der Waals surface area contributed by atoms with E-state index in [0.717, 1.165) is 18.9 Å². The lowest BCUT2D eigenvalue weighted by Gasteiger charge is -2.10. The molecule has 18 heavy (non-hydrogen) atoms. The molecular formula is C13H16FNO3. The minimum atomic E-state index is -0.564. The Balaban J connectivity index is 2.17. The van der Waals surface area contributed by atoms with Crippen LogP contribution in [0.1, 0.15) is 30.1 Å². The Morgan fingerprint density at radius 2 is 2.22 bits per heavy atom. The van der Waals surface area contributed by atoms with Crippen molar-refractivity contribution in [1.29, 1.82) is 0 Å². The summed E-state index contributed by atoms with van der Waals surface area (Å²) in [6, 6.07) is 2.40. The predicted octanol–water partition coefficient (Wildman–Crippen LogP) is 2.37. The molecule has 5 heteroatoms. The van der Waals surface area contributed by atoms with Gasteiger partial charge in [-0.3, -0.25) is 0 Å². The smallest absolute Gasteiger partial charge is 0.340 e. The summed E-state index contributed by atoms with van der Waals surface area (Å²) < 4.78 is 23.8. The van der Waals surface area contributed by atoms with Crippen molar-refractivity contribution >= 4 is 11.7 Å². The summed E-state index contributed by atoms with van der Waals surface area (Å²) in [6.07, 6.45) is 2.22.